The fourth-order valence-electron chi connectivity index (χ4n) is 2.76. The van der Waals surface area contributed by atoms with Crippen LogP contribution in [0.5, 0.6) is 5.75 Å². The number of thiazole rings is 1. The number of aromatic nitrogens is 1. The Labute approximate surface area is 158 Å². The van der Waals surface area contributed by atoms with Gasteiger partial charge in [-0.2, -0.15) is 0 Å². The van der Waals surface area contributed by atoms with Crippen molar-refractivity contribution in [2.24, 2.45) is 0 Å². The predicted octanol–water partition coefficient (Wildman–Crippen LogP) is 4.05. The summed E-state index contributed by atoms with van der Waals surface area (Å²) >= 11 is 5.00. The van der Waals surface area contributed by atoms with Gasteiger partial charge in [0.15, 0.2) is 6.10 Å². The number of nitrogens with one attached hydrogen (secondary N) is 1. The summed E-state index contributed by atoms with van der Waals surface area (Å²) in [7, 11) is 0. The highest BCUT2D eigenvalue weighted by Gasteiger charge is 2.17. The Morgan fingerprint density at radius 3 is 3.00 bits per heavy atom. The molecule has 0 saturated heterocycles. The molecule has 1 aliphatic carbocycles. The lowest BCUT2D eigenvalue weighted by molar-refractivity contribution is -0.127. The minimum absolute atomic E-state index is 0.197. The van der Waals surface area contributed by atoms with Crippen molar-refractivity contribution in [3.05, 3.63) is 44.1 Å². The molecule has 0 spiro atoms. The second kappa shape index (κ2) is 8.27. The number of halogens is 2. The molecule has 134 valence electrons. The molecule has 1 aliphatic rings. The first-order valence-corrected chi connectivity index (χ1v) is 10.0. The molecule has 1 atom stereocenters. The fraction of sp³-hybridized carbons (Fsp3) is 0.444. The van der Waals surface area contributed by atoms with Crippen LogP contribution in [0, 0.1) is 5.82 Å². The van der Waals surface area contributed by atoms with E-state index in [2.05, 4.69) is 26.2 Å². The van der Waals surface area contributed by atoms with Gasteiger partial charge in [0.25, 0.3) is 5.91 Å². The Morgan fingerprint density at radius 2 is 2.24 bits per heavy atom. The first kappa shape index (κ1) is 18.3. The van der Waals surface area contributed by atoms with E-state index in [1.807, 2.05) is 0 Å². The Morgan fingerprint density at radius 1 is 1.44 bits per heavy atom. The van der Waals surface area contributed by atoms with E-state index in [0.29, 0.717) is 16.8 Å². The van der Waals surface area contributed by atoms with Crippen LogP contribution in [-0.4, -0.2) is 23.5 Å². The van der Waals surface area contributed by atoms with E-state index in [9.17, 15) is 9.18 Å². The van der Waals surface area contributed by atoms with Crippen molar-refractivity contribution in [1.29, 1.82) is 0 Å². The van der Waals surface area contributed by atoms with E-state index in [4.69, 9.17) is 4.74 Å². The van der Waals surface area contributed by atoms with Crippen molar-refractivity contribution in [3.63, 3.8) is 0 Å². The summed E-state index contributed by atoms with van der Waals surface area (Å²) in [6.07, 6.45) is 4.76. The molecular formula is C18H20BrFN2O2S. The van der Waals surface area contributed by atoms with Crippen LogP contribution < -0.4 is 10.1 Å². The molecule has 0 fully saturated rings. The highest BCUT2D eigenvalue weighted by Crippen LogP contribution is 2.27. The normalized spacial score (nSPS) is 14.7. The van der Waals surface area contributed by atoms with Crippen LogP contribution in [0.15, 0.2) is 22.7 Å². The van der Waals surface area contributed by atoms with E-state index in [-0.39, 0.29) is 11.7 Å². The highest BCUT2D eigenvalue weighted by atomic mass is 79.9. The number of hydrogen-bond donors (Lipinski definition) is 1. The maximum absolute atomic E-state index is 13.1. The number of amides is 1. The second-order valence-corrected chi connectivity index (χ2v) is 8.08. The number of aryl methyl sites for hydroxylation is 2. The van der Waals surface area contributed by atoms with E-state index < -0.39 is 6.10 Å². The lowest BCUT2D eigenvalue weighted by Gasteiger charge is -2.15. The first-order valence-electron chi connectivity index (χ1n) is 8.40. The molecule has 7 heteroatoms. The van der Waals surface area contributed by atoms with E-state index >= 15 is 0 Å². The third-order valence-electron chi connectivity index (χ3n) is 4.09. The Kier molecular flexibility index (Phi) is 6.06. The molecule has 0 saturated carbocycles. The van der Waals surface area contributed by atoms with Crippen LogP contribution in [0.25, 0.3) is 0 Å². The third kappa shape index (κ3) is 4.79. The molecular weight excluding hydrogens is 407 g/mol. The Balaban J connectivity index is 1.47. The molecule has 0 radical (unpaired) electrons. The summed E-state index contributed by atoms with van der Waals surface area (Å²) in [5, 5.41) is 3.96. The third-order valence-corrected chi connectivity index (χ3v) is 5.93. The maximum atomic E-state index is 13.1. The monoisotopic (exact) mass is 426 g/mol. The Bertz CT molecular complexity index is 742. The quantitative estimate of drug-likeness (QED) is 0.757. The van der Waals surface area contributed by atoms with Crippen LogP contribution in [0.4, 0.5) is 4.39 Å². The lowest BCUT2D eigenvalue weighted by Crippen LogP contribution is -2.37. The van der Waals surface area contributed by atoms with Gasteiger partial charge < -0.3 is 10.1 Å². The van der Waals surface area contributed by atoms with E-state index in [1.165, 1.54) is 41.6 Å². The van der Waals surface area contributed by atoms with Gasteiger partial charge in [-0.1, -0.05) is 0 Å². The summed E-state index contributed by atoms with van der Waals surface area (Å²) < 4.78 is 19.2. The zero-order chi connectivity index (χ0) is 17.8. The van der Waals surface area contributed by atoms with Crippen LogP contribution in [0.1, 0.15) is 35.3 Å². The lowest BCUT2D eigenvalue weighted by atomic mass is 10.0. The standard InChI is InChI=1S/C18H20BrFN2O2S/c1-11(24-15-7-6-12(20)10-13(15)19)18(23)21-9-8-17-22-14-4-2-3-5-16(14)25-17/h6-7,10-11H,2-5,8-9H2,1H3,(H,21,23). The van der Waals surface area contributed by atoms with Crippen LogP contribution in [0.2, 0.25) is 0 Å². The van der Waals surface area contributed by atoms with Crippen LogP contribution in [-0.2, 0) is 24.1 Å². The van der Waals surface area contributed by atoms with Gasteiger partial charge in [-0.25, -0.2) is 9.37 Å². The predicted molar refractivity (Wildman–Crippen MR) is 99.7 cm³/mol. The molecule has 25 heavy (non-hydrogen) atoms. The van der Waals surface area contributed by atoms with Crippen molar-refractivity contribution >= 4 is 33.2 Å². The number of rotatable bonds is 6. The largest absolute Gasteiger partial charge is 0.480 e. The number of fused-ring (bicyclic) bond motifs is 1. The van der Waals surface area contributed by atoms with Crippen LogP contribution >= 0.6 is 27.3 Å². The first-order chi connectivity index (χ1) is 12.0. The molecule has 1 heterocycles. The van der Waals surface area contributed by atoms with Gasteiger partial charge in [-0.3, -0.25) is 4.79 Å². The van der Waals surface area contributed by atoms with Crippen molar-refractivity contribution in [2.45, 2.75) is 45.1 Å². The topological polar surface area (TPSA) is 51.2 Å². The zero-order valence-corrected chi connectivity index (χ0v) is 16.4. The number of benzene rings is 1. The summed E-state index contributed by atoms with van der Waals surface area (Å²) in [6.45, 7) is 2.21. The molecule has 0 aliphatic heterocycles. The smallest absolute Gasteiger partial charge is 0.260 e. The second-order valence-electron chi connectivity index (χ2n) is 6.06. The maximum Gasteiger partial charge on any atom is 0.260 e. The average molecular weight is 427 g/mol. The van der Waals surface area contributed by atoms with Crippen LogP contribution in [0.3, 0.4) is 0 Å². The van der Waals surface area contributed by atoms with Gasteiger partial charge in [0.1, 0.15) is 11.6 Å². The van der Waals surface area contributed by atoms with Crippen molar-refractivity contribution in [1.82, 2.24) is 10.3 Å². The molecule has 4 nitrogen and oxygen atoms in total. The molecule has 1 amide bonds. The van der Waals surface area contributed by atoms with Gasteiger partial charge in [0, 0.05) is 17.8 Å². The average Bonchev–Trinajstić information content (AvgIpc) is 3.00. The molecule has 1 unspecified atom stereocenters. The number of nitrogens with zero attached hydrogens (tertiary/aromatic N) is 1. The summed E-state index contributed by atoms with van der Waals surface area (Å²) in [6, 6.07) is 4.11. The molecule has 0 bridgehead atoms. The minimum atomic E-state index is -0.661. The molecule has 1 N–H and O–H groups in total. The van der Waals surface area contributed by atoms with Gasteiger partial charge >= 0.3 is 0 Å². The highest BCUT2D eigenvalue weighted by molar-refractivity contribution is 9.10. The van der Waals surface area contributed by atoms with Gasteiger partial charge in [-0.05, 0) is 66.7 Å². The summed E-state index contributed by atoms with van der Waals surface area (Å²) in [5.74, 6) is -0.114. The Hall–Kier alpha value is -1.47. The minimum Gasteiger partial charge on any atom is -0.480 e. The van der Waals surface area contributed by atoms with Gasteiger partial charge in [-0.15, -0.1) is 11.3 Å². The molecule has 1 aromatic carbocycles. The molecule has 2 aromatic rings. The number of ether oxygens (including phenoxy) is 1. The van der Waals surface area contributed by atoms with E-state index in [0.717, 1.165) is 24.3 Å². The van der Waals surface area contributed by atoms with Crippen molar-refractivity contribution in [2.75, 3.05) is 6.54 Å². The number of carbonyl (C=O) groups is 1. The van der Waals surface area contributed by atoms with Crippen molar-refractivity contribution < 1.29 is 13.9 Å². The van der Waals surface area contributed by atoms with Gasteiger partial charge in [0.2, 0.25) is 0 Å². The summed E-state index contributed by atoms with van der Waals surface area (Å²) in [5.41, 5.74) is 1.25. The molecule has 3 rings (SSSR count). The van der Waals surface area contributed by atoms with Crippen molar-refractivity contribution in [3.8, 4) is 5.75 Å². The zero-order valence-electron chi connectivity index (χ0n) is 14.0. The number of carbonyl (C=O) groups excluding carboxylic acids is 1. The fourth-order valence-corrected chi connectivity index (χ4v) is 4.36. The summed E-state index contributed by atoms with van der Waals surface area (Å²) in [4.78, 5) is 18.2. The van der Waals surface area contributed by atoms with Gasteiger partial charge in [0.05, 0.1) is 15.2 Å². The number of hydrogen-bond acceptors (Lipinski definition) is 4. The molecule has 1 aromatic heterocycles. The van der Waals surface area contributed by atoms with E-state index in [1.54, 1.807) is 18.3 Å². The SMILES string of the molecule is CC(Oc1ccc(F)cc1Br)C(=O)NCCc1nc2c(s1)CCCC2.